The van der Waals surface area contributed by atoms with Gasteiger partial charge in [-0.05, 0) is 0 Å². The van der Waals surface area contributed by atoms with Gasteiger partial charge in [0.1, 0.15) is 0 Å². The van der Waals surface area contributed by atoms with Gasteiger partial charge in [0.2, 0.25) is 0 Å². The summed E-state index contributed by atoms with van der Waals surface area (Å²) in [5, 5.41) is 7.69. The third kappa shape index (κ3) is 1.39. The molecule has 0 bridgehead atoms. The molecule has 4 heteroatoms. The van der Waals surface area contributed by atoms with Crippen LogP contribution >= 0.6 is 0 Å². The summed E-state index contributed by atoms with van der Waals surface area (Å²) in [4.78, 5) is 4.37. The molecule has 0 atom stereocenters. The largest absolute Gasteiger partial charge is 0.288 e. The fourth-order valence-corrected chi connectivity index (χ4v) is 1.12. The second kappa shape index (κ2) is 2.52. The molecule has 0 aliphatic carbocycles. The van der Waals surface area contributed by atoms with E-state index in [-0.39, 0.29) is 5.41 Å². The molecule has 0 unspecified atom stereocenters. The van der Waals surface area contributed by atoms with Crippen molar-refractivity contribution in [1.82, 2.24) is 19.6 Å². The molecular weight excluding hydrogens is 164 g/mol. The Hall–Kier alpha value is -1.45. The molecule has 2 heterocycles. The van der Waals surface area contributed by atoms with E-state index >= 15 is 0 Å². The molecule has 13 heavy (non-hydrogen) atoms. The van der Waals surface area contributed by atoms with Gasteiger partial charge in [0.05, 0.1) is 11.9 Å². The summed E-state index contributed by atoms with van der Waals surface area (Å²) < 4.78 is 1.88. The molecule has 0 aliphatic rings. The Morgan fingerprint density at radius 3 is 2.69 bits per heavy atom. The fourth-order valence-electron chi connectivity index (χ4n) is 1.12. The summed E-state index contributed by atoms with van der Waals surface area (Å²) in [6.45, 7) is 6.38. The van der Waals surface area contributed by atoms with E-state index in [9.17, 15) is 0 Å². The Kier molecular flexibility index (Phi) is 1.58. The summed E-state index contributed by atoms with van der Waals surface area (Å²) in [5.41, 5.74) is 1.10. The Bertz CT molecular complexity index is 391. The lowest BCUT2D eigenvalue weighted by Gasteiger charge is -2.13. The van der Waals surface area contributed by atoms with Crippen LogP contribution in [0.25, 0.3) is 5.78 Å². The third-order valence-electron chi connectivity index (χ3n) is 1.92. The highest BCUT2D eigenvalue weighted by molar-refractivity contribution is 5.30. The second-order valence-electron chi connectivity index (χ2n) is 4.10. The van der Waals surface area contributed by atoms with Crippen molar-refractivity contribution in [3.05, 3.63) is 24.3 Å². The van der Waals surface area contributed by atoms with Crippen LogP contribution in [0.1, 0.15) is 26.5 Å². The zero-order valence-electron chi connectivity index (χ0n) is 8.02. The maximum absolute atomic E-state index is 4.37. The smallest absolute Gasteiger partial charge is 0.253 e. The molecule has 4 nitrogen and oxygen atoms in total. The number of fused-ring (bicyclic) bond motifs is 1. The minimum atomic E-state index is 0.0632. The van der Waals surface area contributed by atoms with Crippen LogP contribution in [0.5, 0.6) is 0 Å². The van der Waals surface area contributed by atoms with Gasteiger partial charge < -0.3 is 0 Å². The van der Waals surface area contributed by atoms with Gasteiger partial charge in [0, 0.05) is 17.8 Å². The molecule has 0 saturated carbocycles. The van der Waals surface area contributed by atoms with E-state index in [0.717, 1.165) is 5.69 Å². The summed E-state index contributed by atoms with van der Waals surface area (Å²) >= 11 is 0. The van der Waals surface area contributed by atoms with Crippen molar-refractivity contribution in [2.45, 2.75) is 26.2 Å². The first-order valence-electron chi connectivity index (χ1n) is 4.24. The molecule has 0 amide bonds. The van der Waals surface area contributed by atoms with Gasteiger partial charge >= 0.3 is 0 Å². The molecule has 0 N–H and O–H groups in total. The third-order valence-corrected chi connectivity index (χ3v) is 1.92. The van der Waals surface area contributed by atoms with E-state index in [1.54, 1.807) is 6.20 Å². The fraction of sp³-hybridized carbons (Fsp3) is 0.444. The molecule has 0 aliphatic heterocycles. The van der Waals surface area contributed by atoms with Crippen molar-refractivity contribution < 1.29 is 0 Å². The van der Waals surface area contributed by atoms with E-state index in [1.807, 2.05) is 16.8 Å². The van der Waals surface area contributed by atoms with E-state index in [1.165, 1.54) is 0 Å². The van der Waals surface area contributed by atoms with Crippen LogP contribution in [0.4, 0.5) is 0 Å². The van der Waals surface area contributed by atoms with E-state index in [2.05, 4.69) is 36.0 Å². The lowest BCUT2D eigenvalue weighted by molar-refractivity contribution is 0.573. The van der Waals surface area contributed by atoms with Crippen LogP contribution in [0.2, 0.25) is 0 Å². The maximum Gasteiger partial charge on any atom is 0.253 e. The van der Waals surface area contributed by atoms with Gasteiger partial charge in [-0.3, -0.25) is 4.40 Å². The van der Waals surface area contributed by atoms with Gasteiger partial charge in [0.25, 0.3) is 5.78 Å². The van der Waals surface area contributed by atoms with Crippen molar-refractivity contribution in [3.63, 3.8) is 0 Å². The standard InChI is InChI=1S/C9H12N4/c1-9(2,3)7-6-13-5-4-10-12-8(13)11-7/h4-6H,1-3H3. The Balaban J connectivity index is 2.63. The lowest BCUT2D eigenvalue weighted by atomic mass is 9.93. The minimum absolute atomic E-state index is 0.0632. The molecule has 0 radical (unpaired) electrons. The Morgan fingerprint density at radius 1 is 1.31 bits per heavy atom. The summed E-state index contributed by atoms with van der Waals surface area (Å²) in [6.07, 6.45) is 5.50. The Morgan fingerprint density at radius 2 is 2.08 bits per heavy atom. The zero-order chi connectivity index (χ0) is 9.47. The molecule has 0 spiro atoms. The molecule has 2 aromatic rings. The zero-order valence-corrected chi connectivity index (χ0v) is 8.02. The van der Waals surface area contributed by atoms with Crippen LogP contribution in [0.3, 0.4) is 0 Å². The number of imidazole rings is 1. The highest BCUT2D eigenvalue weighted by Crippen LogP contribution is 2.20. The van der Waals surface area contributed by atoms with Gasteiger partial charge in [-0.25, -0.2) is 4.98 Å². The van der Waals surface area contributed by atoms with Gasteiger partial charge in [-0.15, -0.1) is 5.10 Å². The highest BCUT2D eigenvalue weighted by Gasteiger charge is 2.17. The number of nitrogens with zero attached hydrogens (tertiary/aromatic N) is 4. The van der Waals surface area contributed by atoms with Gasteiger partial charge in [-0.2, -0.15) is 5.10 Å². The van der Waals surface area contributed by atoms with E-state index in [4.69, 9.17) is 0 Å². The number of hydrogen-bond acceptors (Lipinski definition) is 3. The van der Waals surface area contributed by atoms with Crippen LogP contribution in [-0.2, 0) is 5.41 Å². The van der Waals surface area contributed by atoms with Crippen molar-refractivity contribution in [2.24, 2.45) is 0 Å². The van der Waals surface area contributed by atoms with Crippen molar-refractivity contribution >= 4 is 5.78 Å². The van der Waals surface area contributed by atoms with Crippen molar-refractivity contribution in [2.75, 3.05) is 0 Å². The highest BCUT2D eigenvalue weighted by atomic mass is 15.2. The van der Waals surface area contributed by atoms with E-state index in [0.29, 0.717) is 5.78 Å². The summed E-state index contributed by atoms with van der Waals surface area (Å²) in [5.74, 6) is 0.660. The molecule has 2 rings (SSSR count). The molecular formula is C9H12N4. The van der Waals surface area contributed by atoms with Crippen LogP contribution in [0.15, 0.2) is 18.6 Å². The normalized spacial score (nSPS) is 12.2. The predicted molar refractivity (Wildman–Crippen MR) is 49.5 cm³/mol. The first-order valence-corrected chi connectivity index (χ1v) is 4.24. The number of hydrogen-bond donors (Lipinski definition) is 0. The maximum atomic E-state index is 4.37. The lowest BCUT2D eigenvalue weighted by Crippen LogP contribution is -2.11. The molecule has 0 fully saturated rings. The predicted octanol–water partition coefficient (Wildman–Crippen LogP) is 1.42. The number of aromatic nitrogens is 4. The van der Waals surface area contributed by atoms with Gasteiger partial charge in [-0.1, -0.05) is 20.8 Å². The molecule has 68 valence electrons. The average molecular weight is 176 g/mol. The molecule has 0 aromatic carbocycles. The van der Waals surface area contributed by atoms with Crippen LogP contribution in [0, 0.1) is 0 Å². The molecule has 0 saturated heterocycles. The molecule has 2 aromatic heterocycles. The summed E-state index contributed by atoms with van der Waals surface area (Å²) in [6, 6.07) is 0. The SMILES string of the molecule is CC(C)(C)c1cn2ccnnc2n1. The minimum Gasteiger partial charge on any atom is -0.288 e. The van der Waals surface area contributed by atoms with Gasteiger partial charge in [0.15, 0.2) is 0 Å². The monoisotopic (exact) mass is 176 g/mol. The van der Waals surface area contributed by atoms with Crippen LogP contribution < -0.4 is 0 Å². The quantitative estimate of drug-likeness (QED) is 0.609. The summed E-state index contributed by atoms with van der Waals surface area (Å²) in [7, 11) is 0. The number of rotatable bonds is 0. The first kappa shape index (κ1) is 8.16. The van der Waals surface area contributed by atoms with Crippen molar-refractivity contribution in [1.29, 1.82) is 0 Å². The topological polar surface area (TPSA) is 43.1 Å². The average Bonchev–Trinajstić information content (AvgIpc) is 2.45. The van der Waals surface area contributed by atoms with Crippen LogP contribution in [-0.4, -0.2) is 19.6 Å². The van der Waals surface area contributed by atoms with E-state index < -0.39 is 0 Å². The second-order valence-corrected chi connectivity index (χ2v) is 4.10. The first-order chi connectivity index (χ1) is 6.07. The van der Waals surface area contributed by atoms with Crippen molar-refractivity contribution in [3.8, 4) is 0 Å². The Labute approximate surface area is 76.6 Å².